The summed E-state index contributed by atoms with van der Waals surface area (Å²) in [6, 6.07) is 8.31. The maximum atomic E-state index is 11.1. The first kappa shape index (κ1) is 17.1. The van der Waals surface area contributed by atoms with Gasteiger partial charge in [0.2, 0.25) is 6.41 Å². The molecule has 1 heterocycles. The average Bonchev–Trinajstić information content (AvgIpc) is 2.55. The number of nitrogens with zero attached hydrogens (tertiary/aromatic N) is 1. The van der Waals surface area contributed by atoms with Gasteiger partial charge >= 0.3 is 0 Å². The lowest BCUT2D eigenvalue weighted by molar-refractivity contribution is -0.117. The number of carbonyl (C=O) groups is 1. The molecule has 0 aliphatic carbocycles. The van der Waals surface area contributed by atoms with Crippen molar-refractivity contribution < 1.29 is 4.79 Å². The Hall–Kier alpha value is -2.30. The maximum absolute atomic E-state index is 11.1. The van der Waals surface area contributed by atoms with Crippen LogP contribution >= 0.6 is 0 Å². The fourth-order valence-corrected chi connectivity index (χ4v) is 2.61. The van der Waals surface area contributed by atoms with Crippen LogP contribution in [0.5, 0.6) is 0 Å². The van der Waals surface area contributed by atoms with Crippen LogP contribution in [0.25, 0.3) is 0 Å². The average molecular weight is 314 g/mol. The Labute approximate surface area is 138 Å². The normalized spacial score (nSPS) is 16.0. The molecule has 0 saturated heterocycles. The van der Waals surface area contributed by atoms with Gasteiger partial charge in [0.05, 0.1) is 6.54 Å². The number of aryl methyl sites for hydroxylation is 1. The second-order valence-corrected chi connectivity index (χ2v) is 6.11. The van der Waals surface area contributed by atoms with E-state index in [1.165, 1.54) is 0 Å². The van der Waals surface area contributed by atoms with Gasteiger partial charge in [-0.2, -0.15) is 0 Å². The molecule has 23 heavy (non-hydrogen) atoms. The SMILES string of the molecule is CCC(C)NC1=C(C(=N)Nc2cccc(C)c2)CN(C=O)CC1. The molecule has 3 N–H and O–H groups in total. The summed E-state index contributed by atoms with van der Waals surface area (Å²) < 4.78 is 0. The molecule has 1 aliphatic heterocycles. The lowest BCUT2D eigenvalue weighted by atomic mass is 10.0. The molecule has 0 aromatic heterocycles. The van der Waals surface area contributed by atoms with Gasteiger partial charge in [-0.15, -0.1) is 0 Å². The van der Waals surface area contributed by atoms with Crippen molar-refractivity contribution in [3.63, 3.8) is 0 Å². The summed E-state index contributed by atoms with van der Waals surface area (Å²) in [5.74, 6) is 0.355. The van der Waals surface area contributed by atoms with E-state index >= 15 is 0 Å². The van der Waals surface area contributed by atoms with Gasteiger partial charge < -0.3 is 15.5 Å². The number of rotatable bonds is 6. The summed E-state index contributed by atoms with van der Waals surface area (Å²) in [4.78, 5) is 12.8. The van der Waals surface area contributed by atoms with Crippen LogP contribution in [-0.2, 0) is 4.79 Å². The predicted molar refractivity (Wildman–Crippen MR) is 94.7 cm³/mol. The van der Waals surface area contributed by atoms with Crippen molar-refractivity contribution in [1.82, 2.24) is 10.2 Å². The van der Waals surface area contributed by atoms with Crippen molar-refractivity contribution >= 4 is 17.9 Å². The summed E-state index contributed by atoms with van der Waals surface area (Å²) in [5.41, 5.74) is 3.98. The highest BCUT2D eigenvalue weighted by molar-refractivity contribution is 6.06. The number of hydrogen-bond acceptors (Lipinski definition) is 3. The molecule has 1 amide bonds. The van der Waals surface area contributed by atoms with Crippen LogP contribution in [0.4, 0.5) is 5.69 Å². The zero-order valence-electron chi connectivity index (χ0n) is 14.1. The van der Waals surface area contributed by atoms with E-state index in [0.29, 0.717) is 25.0 Å². The van der Waals surface area contributed by atoms with E-state index in [1.54, 1.807) is 4.90 Å². The third kappa shape index (κ3) is 4.58. The molecule has 5 heteroatoms. The highest BCUT2D eigenvalue weighted by Gasteiger charge is 2.22. The quantitative estimate of drug-likeness (QED) is 0.430. The minimum absolute atomic E-state index is 0.355. The molecule has 1 unspecified atom stereocenters. The molecule has 0 spiro atoms. The number of amides is 1. The minimum atomic E-state index is 0.355. The number of hydrogen-bond donors (Lipinski definition) is 3. The summed E-state index contributed by atoms with van der Waals surface area (Å²) in [7, 11) is 0. The first-order chi connectivity index (χ1) is 11.0. The molecule has 124 valence electrons. The Morgan fingerprint density at radius 1 is 1.48 bits per heavy atom. The number of carbonyl (C=O) groups excluding carboxylic acids is 1. The Kier molecular flexibility index (Phi) is 5.79. The summed E-state index contributed by atoms with van der Waals surface area (Å²) in [5, 5.41) is 15.1. The first-order valence-electron chi connectivity index (χ1n) is 8.14. The van der Waals surface area contributed by atoms with E-state index in [-0.39, 0.29) is 0 Å². The van der Waals surface area contributed by atoms with E-state index in [4.69, 9.17) is 5.41 Å². The summed E-state index contributed by atoms with van der Waals surface area (Å²) >= 11 is 0. The number of nitrogens with one attached hydrogen (secondary N) is 3. The lowest BCUT2D eigenvalue weighted by Crippen LogP contribution is -2.39. The minimum Gasteiger partial charge on any atom is -0.385 e. The zero-order valence-corrected chi connectivity index (χ0v) is 14.1. The van der Waals surface area contributed by atoms with Crippen LogP contribution in [0, 0.1) is 12.3 Å². The molecule has 0 fully saturated rings. The topological polar surface area (TPSA) is 68.2 Å². The largest absolute Gasteiger partial charge is 0.385 e. The Balaban J connectivity index is 2.21. The number of anilines is 1. The molecule has 2 rings (SSSR count). The molecule has 1 atom stereocenters. The molecule has 1 aliphatic rings. The van der Waals surface area contributed by atoms with Gasteiger partial charge in [0.15, 0.2) is 0 Å². The van der Waals surface area contributed by atoms with E-state index in [0.717, 1.165) is 41.8 Å². The Morgan fingerprint density at radius 3 is 2.91 bits per heavy atom. The molecule has 1 aromatic carbocycles. The van der Waals surface area contributed by atoms with Gasteiger partial charge in [0.1, 0.15) is 5.84 Å². The van der Waals surface area contributed by atoms with Gasteiger partial charge in [-0.05, 0) is 38.0 Å². The van der Waals surface area contributed by atoms with Crippen LogP contribution in [0.1, 0.15) is 32.3 Å². The molecule has 5 nitrogen and oxygen atoms in total. The van der Waals surface area contributed by atoms with Crippen molar-refractivity contribution in [2.24, 2.45) is 0 Å². The third-order valence-electron chi connectivity index (χ3n) is 4.15. The second-order valence-electron chi connectivity index (χ2n) is 6.11. The Morgan fingerprint density at radius 2 is 2.26 bits per heavy atom. The first-order valence-corrected chi connectivity index (χ1v) is 8.14. The van der Waals surface area contributed by atoms with Crippen molar-refractivity contribution in [2.75, 3.05) is 18.4 Å². The van der Waals surface area contributed by atoms with Crippen molar-refractivity contribution in [2.45, 2.75) is 39.7 Å². The van der Waals surface area contributed by atoms with Crippen LogP contribution in [0.15, 0.2) is 35.5 Å². The molecular weight excluding hydrogens is 288 g/mol. The van der Waals surface area contributed by atoms with Crippen LogP contribution < -0.4 is 10.6 Å². The number of benzene rings is 1. The van der Waals surface area contributed by atoms with E-state index in [1.807, 2.05) is 31.2 Å². The van der Waals surface area contributed by atoms with Gasteiger partial charge in [-0.1, -0.05) is 19.1 Å². The van der Waals surface area contributed by atoms with Gasteiger partial charge in [-0.3, -0.25) is 10.2 Å². The molecule has 0 radical (unpaired) electrons. The maximum Gasteiger partial charge on any atom is 0.210 e. The molecule has 0 saturated carbocycles. The lowest BCUT2D eigenvalue weighted by Gasteiger charge is -2.30. The van der Waals surface area contributed by atoms with Crippen LogP contribution in [0.2, 0.25) is 0 Å². The predicted octanol–water partition coefficient (Wildman–Crippen LogP) is 2.89. The van der Waals surface area contributed by atoms with Crippen molar-refractivity contribution in [3.8, 4) is 0 Å². The highest BCUT2D eigenvalue weighted by Crippen LogP contribution is 2.19. The van der Waals surface area contributed by atoms with Crippen LogP contribution in [-0.4, -0.2) is 36.3 Å². The third-order valence-corrected chi connectivity index (χ3v) is 4.15. The summed E-state index contributed by atoms with van der Waals surface area (Å²) in [6.45, 7) is 7.46. The van der Waals surface area contributed by atoms with Gasteiger partial charge in [0.25, 0.3) is 0 Å². The standard InChI is InChI=1S/C18H26N4O/c1-4-14(3)20-17-8-9-22(12-23)11-16(17)18(19)21-15-7-5-6-13(2)10-15/h5-7,10,12,14,20H,4,8-9,11H2,1-3H3,(H2,19,21). The fourth-order valence-electron chi connectivity index (χ4n) is 2.61. The zero-order chi connectivity index (χ0) is 16.8. The second kappa shape index (κ2) is 7.81. The Bertz CT molecular complexity index is 609. The highest BCUT2D eigenvalue weighted by atomic mass is 16.1. The smallest absolute Gasteiger partial charge is 0.210 e. The fraction of sp³-hybridized carbons (Fsp3) is 0.444. The van der Waals surface area contributed by atoms with Crippen molar-refractivity contribution in [3.05, 3.63) is 41.1 Å². The monoisotopic (exact) mass is 314 g/mol. The summed E-state index contributed by atoms with van der Waals surface area (Å²) in [6.07, 6.45) is 2.64. The van der Waals surface area contributed by atoms with Gasteiger partial charge in [0, 0.05) is 36.0 Å². The van der Waals surface area contributed by atoms with Gasteiger partial charge in [-0.25, -0.2) is 0 Å². The van der Waals surface area contributed by atoms with E-state index in [2.05, 4.69) is 24.5 Å². The molecule has 0 bridgehead atoms. The molecular formula is C18H26N4O. The van der Waals surface area contributed by atoms with E-state index < -0.39 is 0 Å². The van der Waals surface area contributed by atoms with Crippen LogP contribution in [0.3, 0.4) is 0 Å². The van der Waals surface area contributed by atoms with Crippen molar-refractivity contribution in [1.29, 1.82) is 5.41 Å². The van der Waals surface area contributed by atoms with E-state index in [9.17, 15) is 4.79 Å². The number of amidine groups is 1. The molecule has 1 aromatic rings.